The van der Waals surface area contributed by atoms with Gasteiger partial charge in [-0.05, 0) is 25.1 Å². The molecule has 104 valence electrons. The first kappa shape index (κ1) is 14.9. The zero-order valence-corrected chi connectivity index (χ0v) is 10.8. The molecule has 1 rings (SSSR count). The number of benzene rings is 1. The summed E-state index contributed by atoms with van der Waals surface area (Å²) >= 11 is 0. The summed E-state index contributed by atoms with van der Waals surface area (Å²) < 4.78 is 22.2. The lowest BCUT2D eigenvalue weighted by Gasteiger charge is -2.11. The fourth-order valence-corrected chi connectivity index (χ4v) is 1.74. The Bertz CT molecular complexity index is 599. The first-order valence-electron chi connectivity index (χ1n) is 5.13. The van der Waals surface area contributed by atoms with Crippen molar-refractivity contribution in [1.29, 1.82) is 0 Å². The molecular formula is C10H13N3O5S. The lowest BCUT2D eigenvalue weighted by molar-refractivity contribution is -0.138. The van der Waals surface area contributed by atoms with Crippen LogP contribution in [0.4, 0.5) is 10.5 Å². The van der Waals surface area contributed by atoms with Crippen LogP contribution in [0.3, 0.4) is 0 Å². The summed E-state index contributed by atoms with van der Waals surface area (Å²) in [5, 5.41) is 18.0. The number of carbonyl (C=O) groups excluding carboxylic acids is 1. The van der Waals surface area contributed by atoms with E-state index in [0.717, 1.165) is 0 Å². The summed E-state index contributed by atoms with van der Waals surface area (Å²) in [6.07, 6.45) is 0. The summed E-state index contributed by atoms with van der Waals surface area (Å²) in [5.74, 6) is -1.19. The quantitative estimate of drug-likeness (QED) is 0.614. The second-order valence-electron chi connectivity index (χ2n) is 3.73. The van der Waals surface area contributed by atoms with Gasteiger partial charge in [-0.15, -0.1) is 0 Å². The Balaban J connectivity index is 2.78. The first-order chi connectivity index (χ1) is 8.70. The molecule has 0 bridgehead atoms. The molecule has 0 aromatic heterocycles. The third-order valence-corrected chi connectivity index (χ3v) is 3.05. The number of nitrogens with two attached hydrogens (primary N) is 1. The molecule has 0 aliphatic rings. The molecule has 0 radical (unpaired) electrons. The van der Waals surface area contributed by atoms with Crippen LogP contribution in [-0.4, -0.2) is 31.6 Å². The second-order valence-corrected chi connectivity index (χ2v) is 5.29. The maximum absolute atomic E-state index is 11.4. The van der Waals surface area contributed by atoms with Crippen molar-refractivity contribution in [1.82, 2.24) is 5.32 Å². The summed E-state index contributed by atoms with van der Waals surface area (Å²) in [7, 11) is -3.86. The van der Waals surface area contributed by atoms with Crippen LogP contribution in [0, 0.1) is 0 Å². The number of sulfonamides is 1. The number of rotatable bonds is 4. The van der Waals surface area contributed by atoms with Crippen LogP contribution in [0.1, 0.15) is 6.92 Å². The summed E-state index contributed by atoms with van der Waals surface area (Å²) in [5.41, 5.74) is 0.182. The number of carbonyl (C=O) groups is 2. The first-order valence-corrected chi connectivity index (χ1v) is 6.68. The maximum atomic E-state index is 11.4. The van der Waals surface area contributed by atoms with E-state index < -0.39 is 28.1 Å². The molecule has 2 amide bonds. The topological polar surface area (TPSA) is 139 Å². The van der Waals surface area contributed by atoms with Crippen molar-refractivity contribution in [2.75, 3.05) is 5.32 Å². The number of nitrogens with one attached hydrogen (secondary N) is 2. The molecule has 0 unspecified atom stereocenters. The largest absolute Gasteiger partial charge is 0.480 e. The van der Waals surface area contributed by atoms with E-state index in [4.69, 9.17) is 10.2 Å². The van der Waals surface area contributed by atoms with Crippen molar-refractivity contribution >= 4 is 27.7 Å². The fraction of sp³-hybridized carbons (Fsp3) is 0.200. The van der Waals surface area contributed by atoms with Crippen LogP contribution in [0.15, 0.2) is 29.2 Å². The van der Waals surface area contributed by atoms with Gasteiger partial charge in [0.25, 0.3) is 0 Å². The fourth-order valence-electron chi connectivity index (χ4n) is 1.18. The Hall–Kier alpha value is -2.13. The number of hydrogen-bond donors (Lipinski definition) is 4. The molecule has 1 atom stereocenters. The lowest BCUT2D eigenvalue weighted by Crippen LogP contribution is -2.40. The Kier molecular flexibility index (Phi) is 4.46. The minimum atomic E-state index is -3.86. The van der Waals surface area contributed by atoms with Crippen LogP contribution in [0.25, 0.3) is 0 Å². The average molecular weight is 287 g/mol. The predicted molar refractivity (Wildman–Crippen MR) is 67.1 cm³/mol. The molecule has 0 heterocycles. The normalized spacial score (nSPS) is 12.5. The highest BCUT2D eigenvalue weighted by Gasteiger charge is 2.14. The Morgan fingerprint density at radius 2 is 2.00 bits per heavy atom. The smallest absolute Gasteiger partial charge is 0.325 e. The number of amides is 2. The third-order valence-electron chi connectivity index (χ3n) is 2.14. The van der Waals surface area contributed by atoms with E-state index >= 15 is 0 Å². The van der Waals surface area contributed by atoms with Crippen molar-refractivity contribution in [3.05, 3.63) is 24.3 Å². The Morgan fingerprint density at radius 1 is 1.37 bits per heavy atom. The van der Waals surface area contributed by atoms with E-state index in [1.807, 2.05) is 0 Å². The van der Waals surface area contributed by atoms with Gasteiger partial charge in [0, 0.05) is 5.69 Å². The number of aliphatic carboxylic acids is 1. The summed E-state index contributed by atoms with van der Waals surface area (Å²) in [6.45, 7) is 1.29. The maximum Gasteiger partial charge on any atom is 0.325 e. The molecular weight excluding hydrogens is 274 g/mol. The summed E-state index contributed by atoms with van der Waals surface area (Å²) in [6, 6.07) is 3.46. The van der Waals surface area contributed by atoms with Crippen molar-refractivity contribution in [3.8, 4) is 0 Å². The van der Waals surface area contributed by atoms with Gasteiger partial charge in [-0.1, -0.05) is 6.07 Å². The van der Waals surface area contributed by atoms with Gasteiger partial charge < -0.3 is 15.7 Å². The molecule has 19 heavy (non-hydrogen) atoms. The highest BCUT2D eigenvalue weighted by atomic mass is 32.2. The SMILES string of the molecule is C[C@H](NC(=O)Nc1cccc(S(N)(=O)=O)c1)C(=O)O. The van der Waals surface area contributed by atoms with E-state index in [-0.39, 0.29) is 10.6 Å². The Labute approximate surface area is 109 Å². The lowest BCUT2D eigenvalue weighted by atomic mass is 10.3. The molecule has 0 aliphatic heterocycles. The van der Waals surface area contributed by atoms with Gasteiger partial charge in [-0.2, -0.15) is 0 Å². The van der Waals surface area contributed by atoms with Crippen LogP contribution in [0.2, 0.25) is 0 Å². The van der Waals surface area contributed by atoms with Crippen LogP contribution < -0.4 is 15.8 Å². The van der Waals surface area contributed by atoms with Crippen molar-refractivity contribution in [2.45, 2.75) is 17.9 Å². The number of anilines is 1. The van der Waals surface area contributed by atoms with Crippen molar-refractivity contribution in [2.24, 2.45) is 5.14 Å². The minimum Gasteiger partial charge on any atom is -0.480 e. The number of hydrogen-bond acceptors (Lipinski definition) is 4. The van der Waals surface area contributed by atoms with Gasteiger partial charge >= 0.3 is 12.0 Å². The standard InChI is InChI=1S/C10H13N3O5S/c1-6(9(14)15)12-10(16)13-7-3-2-4-8(5-7)19(11,17)18/h2-6H,1H3,(H,14,15)(H2,11,17,18)(H2,12,13,16)/t6-/m0/s1. The average Bonchev–Trinajstić information content (AvgIpc) is 2.27. The number of carboxylic acid groups (broad SMARTS) is 1. The van der Waals surface area contributed by atoms with Gasteiger partial charge in [-0.25, -0.2) is 18.4 Å². The Morgan fingerprint density at radius 3 is 2.53 bits per heavy atom. The molecule has 0 saturated carbocycles. The zero-order chi connectivity index (χ0) is 14.6. The van der Waals surface area contributed by atoms with Gasteiger partial charge in [-0.3, -0.25) is 4.79 Å². The van der Waals surface area contributed by atoms with Crippen molar-refractivity contribution in [3.63, 3.8) is 0 Å². The molecule has 9 heteroatoms. The van der Waals surface area contributed by atoms with E-state index in [9.17, 15) is 18.0 Å². The summed E-state index contributed by atoms with van der Waals surface area (Å²) in [4.78, 5) is 21.8. The number of carboxylic acids is 1. The monoisotopic (exact) mass is 287 g/mol. The molecule has 8 nitrogen and oxygen atoms in total. The molecule has 0 aliphatic carbocycles. The predicted octanol–water partition coefficient (Wildman–Crippen LogP) is -0.0714. The minimum absolute atomic E-state index is 0.156. The van der Waals surface area contributed by atoms with E-state index in [2.05, 4.69) is 10.6 Å². The highest BCUT2D eigenvalue weighted by Crippen LogP contribution is 2.13. The van der Waals surface area contributed by atoms with Gasteiger partial charge in [0.05, 0.1) is 4.90 Å². The molecule has 0 fully saturated rings. The third kappa shape index (κ3) is 4.56. The van der Waals surface area contributed by atoms with Crippen molar-refractivity contribution < 1.29 is 23.1 Å². The molecule has 5 N–H and O–H groups in total. The van der Waals surface area contributed by atoms with Gasteiger partial charge in [0.15, 0.2) is 0 Å². The highest BCUT2D eigenvalue weighted by molar-refractivity contribution is 7.89. The van der Waals surface area contributed by atoms with Gasteiger partial charge in [0.2, 0.25) is 10.0 Å². The van der Waals surface area contributed by atoms with E-state index in [1.165, 1.54) is 31.2 Å². The number of primary sulfonamides is 1. The van der Waals surface area contributed by atoms with E-state index in [0.29, 0.717) is 0 Å². The molecule has 1 aromatic carbocycles. The molecule has 1 aromatic rings. The number of urea groups is 1. The van der Waals surface area contributed by atoms with Crippen LogP contribution in [-0.2, 0) is 14.8 Å². The molecule has 0 saturated heterocycles. The van der Waals surface area contributed by atoms with Gasteiger partial charge in [0.1, 0.15) is 6.04 Å². The zero-order valence-electron chi connectivity index (χ0n) is 9.95. The molecule has 0 spiro atoms. The second kappa shape index (κ2) is 5.67. The van der Waals surface area contributed by atoms with Crippen LogP contribution >= 0.6 is 0 Å². The van der Waals surface area contributed by atoms with Crippen LogP contribution in [0.5, 0.6) is 0 Å². The van der Waals surface area contributed by atoms with E-state index in [1.54, 1.807) is 0 Å².